The number of methoxy groups -OCH3 is 1. The van der Waals surface area contributed by atoms with E-state index < -0.39 is 17.9 Å². The second kappa shape index (κ2) is 10.4. The number of hydrogen-bond acceptors (Lipinski definition) is 4. The van der Waals surface area contributed by atoms with E-state index in [0.29, 0.717) is 31.4 Å². The van der Waals surface area contributed by atoms with Crippen molar-refractivity contribution in [1.29, 1.82) is 0 Å². The lowest BCUT2D eigenvalue weighted by molar-refractivity contribution is -0.151. The monoisotopic (exact) mass is 469 g/mol. The van der Waals surface area contributed by atoms with Crippen molar-refractivity contribution in [3.8, 4) is 0 Å². The Morgan fingerprint density at radius 1 is 0.857 bits per heavy atom. The zero-order valence-electron chi connectivity index (χ0n) is 20.0. The summed E-state index contributed by atoms with van der Waals surface area (Å²) in [5.41, 5.74) is 3.16. The lowest BCUT2D eigenvalue weighted by atomic mass is 9.90. The summed E-state index contributed by atoms with van der Waals surface area (Å²) >= 11 is 0. The van der Waals surface area contributed by atoms with E-state index in [4.69, 9.17) is 9.47 Å². The maximum atomic E-state index is 14.0. The Balaban J connectivity index is 1.31. The van der Waals surface area contributed by atoms with Crippen LogP contribution in [0.3, 0.4) is 0 Å². The zero-order chi connectivity index (χ0) is 24.2. The summed E-state index contributed by atoms with van der Waals surface area (Å²) < 4.78 is 11.4. The lowest BCUT2D eigenvalue weighted by Crippen LogP contribution is -2.43. The van der Waals surface area contributed by atoms with E-state index >= 15 is 0 Å². The van der Waals surface area contributed by atoms with Gasteiger partial charge in [0.1, 0.15) is 6.04 Å². The van der Waals surface area contributed by atoms with Gasteiger partial charge in [-0.1, -0.05) is 91.0 Å². The van der Waals surface area contributed by atoms with Gasteiger partial charge in [-0.2, -0.15) is 0 Å². The molecule has 2 aliphatic rings. The molecule has 1 aliphatic heterocycles. The minimum Gasteiger partial charge on any atom is -0.467 e. The van der Waals surface area contributed by atoms with Gasteiger partial charge < -0.3 is 14.4 Å². The Kier molecular flexibility index (Phi) is 6.96. The molecule has 0 N–H and O–H groups in total. The molecule has 3 aromatic carbocycles. The molecule has 4 atom stereocenters. The number of carbonyl (C=O) groups is 2. The molecule has 1 aliphatic carbocycles. The number of likely N-dealkylation sites (tertiary alicyclic amines) is 1. The molecule has 2 fully saturated rings. The smallest absolute Gasteiger partial charge is 0.328 e. The topological polar surface area (TPSA) is 55.8 Å². The van der Waals surface area contributed by atoms with Gasteiger partial charge >= 0.3 is 5.97 Å². The maximum absolute atomic E-state index is 14.0. The summed E-state index contributed by atoms with van der Waals surface area (Å²) in [6, 6.07) is 29.3. The molecule has 1 heterocycles. The average Bonchev–Trinajstić information content (AvgIpc) is 3.57. The molecule has 3 aromatic rings. The van der Waals surface area contributed by atoms with Crippen molar-refractivity contribution in [1.82, 2.24) is 4.90 Å². The highest BCUT2D eigenvalue weighted by Crippen LogP contribution is 2.47. The third-order valence-corrected chi connectivity index (χ3v) is 7.23. The van der Waals surface area contributed by atoms with Gasteiger partial charge in [0.05, 0.1) is 25.7 Å². The summed E-state index contributed by atoms with van der Waals surface area (Å²) in [6.07, 6.45) is 1.38. The highest BCUT2D eigenvalue weighted by molar-refractivity contribution is 5.91. The molecule has 0 radical (unpaired) electrons. The Morgan fingerprint density at radius 3 is 2.00 bits per heavy atom. The van der Waals surface area contributed by atoms with Crippen LogP contribution in [0.4, 0.5) is 0 Å². The molecule has 5 nitrogen and oxygen atoms in total. The van der Waals surface area contributed by atoms with E-state index in [1.807, 2.05) is 66.7 Å². The lowest BCUT2D eigenvalue weighted by Gasteiger charge is -2.28. The molecule has 4 unspecified atom stereocenters. The molecule has 35 heavy (non-hydrogen) atoms. The van der Waals surface area contributed by atoms with Gasteiger partial charge in [-0.3, -0.25) is 4.79 Å². The average molecular weight is 470 g/mol. The second-order valence-electron chi connectivity index (χ2n) is 9.49. The van der Waals surface area contributed by atoms with Crippen LogP contribution in [0.15, 0.2) is 91.0 Å². The van der Waals surface area contributed by atoms with Crippen molar-refractivity contribution in [3.05, 3.63) is 108 Å². The molecule has 1 saturated carbocycles. The standard InChI is InChI=1S/C30H31NO4/c1-34-30(33)27-18-25(35-20-24-17-26(24)21-11-5-2-6-12-21)19-31(27)29(32)28(22-13-7-3-8-14-22)23-15-9-4-10-16-23/h2-16,24-28H,17-20H2,1H3. The van der Waals surface area contributed by atoms with Crippen molar-refractivity contribution < 1.29 is 19.1 Å². The Labute approximate surface area is 206 Å². The number of esters is 1. The third kappa shape index (κ3) is 5.15. The number of hydrogen-bond donors (Lipinski definition) is 0. The number of ether oxygens (including phenoxy) is 2. The Bertz CT molecular complexity index is 1100. The van der Waals surface area contributed by atoms with Crippen LogP contribution in [0, 0.1) is 5.92 Å². The second-order valence-corrected chi connectivity index (χ2v) is 9.49. The molecule has 5 rings (SSSR count). The summed E-state index contributed by atoms with van der Waals surface area (Å²) in [6.45, 7) is 1.03. The molecular weight excluding hydrogens is 438 g/mol. The van der Waals surface area contributed by atoms with E-state index in [-0.39, 0.29) is 12.0 Å². The summed E-state index contributed by atoms with van der Waals surface area (Å²) in [5, 5.41) is 0. The van der Waals surface area contributed by atoms with Gasteiger partial charge in [-0.25, -0.2) is 4.79 Å². The number of rotatable bonds is 8. The first-order chi connectivity index (χ1) is 17.2. The fourth-order valence-electron chi connectivity index (χ4n) is 5.26. The van der Waals surface area contributed by atoms with Gasteiger partial charge in [-0.15, -0.1) is 0 Å². The van der Waals surface area contributed by atoms with Crippen LogP contribution < -0.4 is 0 Å². The van der Waals surface area contributed by atoms with Crippen molar-refractivity contribution in [2.75, 3.05) is 20.3 Å². The first-order valence-electron chi connectivity index (χ1n) is 12.3. The van der Waals surface area contributed by atoms with Crippen LogP contribution in [0.1, 0.15) is 41.4 Å². The molecular formula is C30H31NO4. The minimum atomic E-state index is -0.642. The van der Waals surface area contributed by atoms with Crippen LogP contribution in [-0.2, 0) is 19.1 Å². The van der Waals surface area contributed by atoms with Gasteiger partial charge in [0, 0.05) is 13.0 Å². The number of benzene rings is 3. The van der Waals surface area contributed by atoms with E-state index in [0.717, 1.165) is 17.5 Å². The van der Waals surface area contributed by atoms with Crippen LogP contribution in [0.2, 0.25) is 0 Å². The molecule has 5 heteroatoms. The summed E-state index contributed by atoms with van der Waals surface area (Å²) in [7, 11) is 1.37. The van der Waals surface area contributed by atoms with E-state index in [9.17, 15) is 9.59 Å². The van der Waals surface area contributed by atoms with Crippen LogP contribution >= 0.6 is 0 Å². The first-order valence-corrected chi connectivity index (χ1v) is 12.3. The first kappa shape index (κ1) is 23.3. The number of amides is 1. The van der Waals surface area contributed by atoms with Crippen LogP contribution in [-0.4, -0.2) is 49.2 Å². The van der Waals surface area contributed by atoms with Gasteiger partial charge in [0.15, 0.2) is 0 Å². The number of carbonyl (C=O) groups excluding carboxylic acids is 2. The predicted octanol–water partition coefficient (Wildman–Crippen LogP) is 4.78. The summed E-state index contributed by atoms with van der Waals surface area (Å²) in [5.74, 6) is 0.0389. The van der Waals surface area contributed by atoms with Crippen molar-refractivity contribution in [2.24, 2.45) is 5.92 Å². The van der Waals surface area contributed by atoms with Crippen LogP contribution in [0.5, 0.6) is 0 Å². The van der Waals surface area contributed by atoms with Crippen molar-refractivity contribution in [3.63, 3.8) is 0 Å². The van der Waals surface area contributed by atoms with Gasteiger partial charge in [0.25, 0.3) is 0 Å². The Morgan fingerprint density at radius 2 is 1.43 bits per heavy atom. The van der Waals surface area contributed by atoms with E-state index in [1.165, 1.54) is 12.7 Å². The molecule has 1 saturated heterocycles. The molecule has 0 bridgehead atoms. The summed E-state index contributed by atoms with van der Waals surface area (Å²) in [4.78, 5) is 28.3. The molecule has 0 aromatic heterocycles. The predicted molar refractivity (Wildman–Crippen MR) is 134 cm³/mol. The molecule has 0 spiro atoms. The van der Waals surface area contributed by atoms with Gasteiger partial charge in [0.2, 0.25) is 5.91 Å². The largest absolute Gasteiger partial charge is 0.467 e. The SMILES string of the molecule is COC(=O)C1CC(OCC2CC2c2ccccc2)CN1C(=O)C(c1ccccc1)c1ccccc1. The van der Waals surface area contributed by atoms with Crippen molar-refractivity contribution in [2.45, 2.75) is 36.8 Å². The third-order valence-electron chi connectivity index (χ3n) is 7.23. The van der Waals surface area contributed by atoms with Crippen molar-refractivity contribution >= 4 is 11.9 Å². The quantitative estimate of drug-likeness (QED) is 0.446. The van der Waals surface area contributed by atoms with E-state index in [1.54, 1.807) is 4.90 Å². The Hall–Kier alpha value is -3.44. The highest BCUT2D eigenvalue weighted by Gasteiger charge is 2.45. The van der Waals surface area contributed by atoms with Crippen LogP contribution in [0.25, 0.3) is 0 Å². The molecule has 180 valence electrons. The fourth-order valence-corrected chi connectivity index (χ4v) is 5.26. The van der Waals surface area contributed by atoms with Gasteiger partial charge in [-0.05, 0) is 34.9 Å². The fraction of sp³-hybridized carbons (Fsp3) is 0.333. The zero-order valence-corrected chi connectivity index (χ0v) is 20.0. The normalized spacial score (nSPS) is 23.3. The van der Waals surface area contributed by atoms with E-state index in [2.05, 4.69) is 24.3 Å². The maximum Gasteiger partial charge on any atom is 0.328 e. The molecule has 1 amide bonds. The highest BCUT2D eigenvalue weighted by atomic mass is 16.5. The number of nitrogens with zero attached hydrogens (tertiary/aromatic N) is 1. The minimum absolute atomic E-state index is 0.0996.